The van der Waals surface area contributed by atoms with Crippen molar-refractivity contribution in [3.05, 3.63) is 36.5 Å². The molecule has 0 aromatic carbocycles. The van der Waals surface area contributed by atoms with Crippen molar-refractivity contribution >= 4 is 17.9 Å². The first-order valence-electron chi connectivity index (χ1n) is 34.0. The van der Waals surface area contributed by atoms with Gasteiger partial charge in [-0.05, 0) is 51.4 Å². The van der Waals surface area contributed by atoms with Crippen LogP contribution in [0.4, 0.5) is 0 Å². The van der Waals surface area contributed by atoms with Crippen molar-refractivity contribution in [1.82, 2.24) is 0 Å². The number of hydrogen-bond acceptors (Lipinski definition) is 6. The van der Waals surface area contributed by atoms with Crippen molar-refractivity contribution in [3.63, 3.8) is 0 Å². The first-order chi connectivity index (χ1) is 37.5. The lowest BCUT2D eigenvalue weighted by Gasteiger charge is -2.18. The summed E-state index contributed by atoms with van der Waals surface area (Å²) in [6, 6.07) is 0. The Morgan fingerprint density at radius 2 is 0.513 bits per heavy atom. The zero-order valence-electron chi connectivity index (χ0n) is 51.3. The monoisotopic (exact) mass is 1070 g/mol. The van der Waals surface area contributed by atoms with Crippen LogP contribution < -0.4 is 0 Å². The van der Waals surface area contributed by atoms with Crippen LogP contribution in [0.25, 0.3) is 0 Å². The molecule has 0 fully saturated rings. The van der Waals surface area contributed by atoms with Crippen molar-refractivity contribution in [2.45, 2.75) is 380 Å². The molecule has 1 atom stereocenters. The molecule has 76 heavy (non-hydrogen) atoms. The molecule has 446 valence electrons. The Morgan fingerprint density at radius 1 is 0.276 bits per heavy atom. The normalized spacial score (nSPS) is 12.2. The molecule has 0 spiro atoms. The lowest BCUT2D eigenvalue weighted by Crippen LogP contribution is -2.30. The number of carbonyl (C=O) groups is 3. The Balaban J connectivity index is 4.10. The van der Waals surface area contributed by atoms with Crippen molar-refractivity contribution in [2.75, 3.05) is 13.2 Å². The maximum atomic E-state index is 12.9. The minimum Gasteiger partial charge on any atom is -0.462 e. The third-order valence-electron chi connectivity index (χ3n) is 15.4. The third-order valence-corrected chi connectivity index (χ3v) is 15.4. The molecule has 0 rings (SSSR count). The smallest absolute Gasteiger partial charge is 0.306 e. The van der Waals surface area contributed by atoms with Gasteiger partial charge in [0, 0.05) is 19.3 Å². The molecule has 0 N–H and O–H groups in total. The van der Waals surface area contributed by atoms with Crippen molar-refractivity contribution in [2.24, 2.45) is 0 Å². The molecule has 6 nitrogen and oxygen atoms in total. The highest BCUT2D eigenvalue weighted by atomic mass is 16.6. The average molecular weight is 1070 g/mol. The summed E-state index contributed by atoms with van der Waals surface area (Å²) < 4.78 is 16.9. The Bertz CT molecular complexity index is 1270. The zero-order valence-corrected chi connectivity index (χ0v) is 51.3. The van der Waals surface area contributed by atoms with Crippen LogP contribution in [0.3, 0.4) is 0 Å². The Hall–Kier alpha value is -2.37. The quantitative estimate of drug-likeness (QED) is 0.0261. The van der Waals surface area contributed by atoms with E-state index < -0.39 is 6.10 Å². The minimum atomic E-state index is -0.774. The van der Waals surface area contributed by atoms with Gasteiger partial charge in [-0.15, -0.1) is 0 Å². The molecule has 0 amide bonds. The van der Waals surface area contributed by atoms with Gasteiger partial charge in [-0.25, -0.2) is 0 Å². The van der Waals surface area contributed by atoms with Crippen LogP contribution in [0, 0.1) is 0 Å². The first-order valence-corrected chi connectivity index (χ1v) is 34.0. The summed E-state index contributed by atoms with van der Waals surface area (Å²) in [6.07, 6.45) is 80.4. The van der Waals surface area contributed by atoms with Crippen LogP contribution >= 0.6 is 0 Å². The number of ether oxygens (including phenoxy) is 3. The van der Waals surface area contributed by atoms with Crippen LogP contribution in [0.15, 0.2) is 36.5 Å². The maximum Gasteiger partial charge on any atom is 0.306 e. The standard InChI is InChI=1S/C70H130O6/c1-4-7-10-13-16-19-22-24-26-28-29-30-31-32-33-34-35-36-37-38-39-40-42-43-45-48-51-54-57-60-63-69(72)75-66-67(65-74-68(71)62-59-56-53-50-47-21-18-15-12-9-6-3)76-70(73)64-61-58-55-52-49-46-44-41-27-25-23-20-17-14-11-8-5-2/h8,11,17,20,25,27,67H,4-7,9-10,12-16,18-19,21-24,26,28-66H2,1-3H3/b11-8-,20-17-,27-25-. The van der Waals surface area contributed by atoms with E-state index in [1.165, 1.54) is 250 Å². The summed E-state index contributed by atoms with van der Waals surface area (Å²) in [5.74, 6) is -0.857. The third kappa shape index (κ3) is 62.5. The summed E-state index contributed by atoms with van der Waals surface area (Å²) in [5.41, 5.74) is 0. The van der Waals surface area contributed by atoms with E-state index in [0.717, 1.165) is 83.5 Å². The van der Waals surface area contributed by atoms with Gasteiger partial charge >= 0.3 is 17.9 Å². The van der Waals surface area contributed by atoms with Gasteiger partial charge in [-0.1, -0.05) is 340 Å². The second-order valence-corrected chi connectivity index (χ2v) is 23.1. The Kier molecular flexibility index (Phi) is 63.1. The van der Waals surface area contributed by atoms with E-state index in [0.29, 0.717) is 19.3 Å². The van der Waals surface area contributed by atoms with Gasteiger partial charge in [-0.3, -0.25) is 14.4 Å². The fourth-order valence-electron chi connectivity index (χ4n) is 10.3. The predicted octanol–water partition coefficient (Wildman–Crippen LogP) is 23.2. The molecule has 0 aromatic rings. The van der Waals surface area contributed by atoms with Gasteiger partial charge in [-0.2, -0.15) is 0 Å². The van der Waals surface area contributed by atoms with Crippen LogP contribution in [0.5, 0.6) is 0 Å². The summed E-state index contributed by atoms with van der Waals surface area (Å²) in [7, 11) is 0. The van der Waals surface area contributed by atoms with E-state index in [4.69, 9.17) is 14.2 Å². The molecule has 6 heteroatoms. The summed E-state index contributed by atoms with van der Waals surface area (Å²) in [6.45, 7) is 6.58. The minimum absolute atomic E-state index is 0.0710. The fourth-order valence-corrected chi connectivity index (χ4v) is 10.3. The van der Waals surface area contributed by atoms with Gasteiger partial charge in [0.2, 0.25) is 0 Å². The second-order valence-electron chi connectivity index (χ2n) is 23.1. The number of carbonyl (C=O) groups excluding carboxylic acids is 3. The van der Waals surface area contributed by atoms with E-state index >= 15 is 0 Å². The van der Waals surface area contributed by atoms with Gasteiger partial charge in [0.1, 0.15) is 13.2 Å². The highest BCUT2D eigenvalue weighted by Crippen LogP contribution is 2.19. The summed E-state index contributed by atoms with van der Waals surface area (Å²) >= 11 is 0. The molecule has 0 saturated heterocycles. The number of rotatable bonds is 63. The molecule has 0 radical (unpaired) electrons. The van der Waals surface area contributed by atoms with Gasteiger partial charge in [0.05, 0.1) is 0 Å². The second kappa shape index (κ2) is 65.2. The van der Waals surface area contributed by atoms with E-state index in [1.54, 1.807) is 0 Å². The number of hydrogen-bond donors (Lipinski definition) is 0. The summed E-state index contributed by atoms with van der Waals surface area (Å²) in [4.78, 5) is 38.3. The molecule has 0 saturated carbocycles. The van der Waals surface area contributed by atoms with Crippen LogP contribution in [0.1, 0.15) is 374 Å². The molecule has 0 aromatic heterocycles. The molecule has 1 unspecified atom stereocenters. The summed E-state index contributed by atoms with van der Waals surface area (Å²) in [5, 5.41) is 0. The number of unbranched alkanes of at least 4 members (excludes halogenated alkanes) is 46. The maximum absolute atomic E-state index is 12.9. The molecule has 0 aliphatic heterocycles. The van der Waals surface area contributed by atoms with Crippen molar-refractivity contribution < 1.29 is 28.6 Å². The lowest BCUT2D eigenvalue weighted by molar-refractivity contribution is -0.167. The van der Waals surface area contributed by atoms with Gasteiger partial charge < -0.3 is 14.2 Å². The molecular weight excluding hydrogens is 937 g/mol. The van der Waals surface area contributed by atoms with Gasteiger partial charge in [0.25, 0.3) is 0 Å². The predicted molar refractivity (Wildman–Crippen MR) is 330 cm³/mol. The molecule has 0 heterocycles. The Morgan fingerprint density at radius 3 is 0.803 bits per heavy atom. The molecule has 0 aliphatic carbocycles. The van der Waals surface area contributed by atoms with E-state index in [9.17, 15) is 14.4 Å². The molecule has 0 aliphatic rings. The zero-order chi connectivity index (χ0) is 55.0. The largest absolute Gasteiger partial charge is 0.462 e. The van der Waals surface area contributed by atoms with E-state index in [1.807, 2.05) is 0 Å². The van der Waals surface area contributed by atoms with Crippen molar-refractivity contribution in [3.8, 4) is 0 Å². The molecule has 0 bridgehead atoms. The van der Waals surface area contributed by atoms with E-state index in [2.05, 4.69) is 57.2 Å². The van der Waals surface area contributed by atoms with Gasteiger partial charge in [0.15, 0.2) is 6.10 Å². The molecular formula is C70H130O6. The SMILES string of the molecule is CC/C=C\C/C=C\C/C=C\CCCCCCCCCC(=O)OC(COC(=O)CCCCCCCCCCCCC)COC(=O)CCCCCCCCCCCCCCCCCCCCCCCCCCCCCCCC. The first kappa shape index (κ1) is 73.6. The lowest BCUT2D eigenvalue weighted by atomic mass is 10.0. The number of esters is 3. The number of allylic oxidation sites excluding steroid dienone is 6. The Labute approximate surface area is 474 Å². The van der Waals surface area contributed by atoms with E-state index in [-0.39, 0.29) is 31.1 Å². The highest BCUT2D eigenvalue weighted by molar-refractivity contribution is 5.71. The van der Waals surface area contributed by atoms with Crippen LogP contribution in [-0.4, -0.2) is 37.2 Å². The highest BCUT2D eigenvalue weighted by Gasteiger charge is 2.19. The average Bonchev–Trinajstić information content (AvgIpc) is 3.42. The van der Waals surface area contributed by atoms with Crippen LogP contribution in [0.2, 0.25) is 0 Å². The van der Waals surface area contributed by atoms with Crippen molar-refractivity contribution in [1.29, 1.82) is 0 Å². The fraction of sp³-hybridized carbons (Fsp3) is 0.871. The van der Waals surface area contributed by atoms with Crippen LogP contribution in [-0.2, 0) is 28.6 Å². The topological polar surface area (TPSA) is 78.9 Å².